The van der Waals surface area contributed by atoms with Crippen molar-refractivity contribution < 1.29 is 9.90 Å². The number of nitrogens with zero attached hydrogens (tertiary/aromatic N) is 1. The second-order valence-electron chi connectivity index (χ2n) is 5.05. The SMILES string of the molecule is CC(=O)c1cccc(N2CCC(CCO)CC2)c1. The van der Waals surface area contributed by atoms with E-state index in [0.717, 1.165) is 43.6 Å². The summed E-state index contributed by atoms with van der Waals surface area (Å²) in [5, 5.41) is 8.95. The van der Waals surface area contributed by atoms with Crippen molar-refractivity contribution >= 4 is 11.5 Å². The van der Waals surface area contributed by atoms with E-state index in [1.165, 1.54) is 0 Å². The average molecular weight is 247 g/mol. The third-order valence-electron chi connectivity index (χ3n) is 3.77. The van der Waals surface area contributed by atoms with Gasteiger partial charge < -0.3 is 10.0 Å². The first kappa shape index (κ1) is 13.1. The minimum atomic E-state index is 0.118. The van der Waals surface area contributed by atoms with E-state index in [1.807, 2.05) is 18.2 Å². The molecule has 0 bridgehead atoms. The van der Waals surface area contributed by atoms with E-state index in [-0.39, 0.29) is 5.78 Å². The second kappa shape index (κ2) is 6.01. The smallest absolute Gasteiger partial charge is 0.159 e. The maximum Gasteiger partial charge on any atom is 0.159 e. The highest BCUT2D eigenvalue weighted by molar-refractivity contribution is 5.94. The van der Waals surface area contributed by atoms with Crippen LogP contribution < -0.4 is 4.90 Å². The molecule has 0 aromatic heterocycles. The Morgan fingerprint density at radius 3 is 2.72 bits per heavy atom. The summed E-state index contributed by atoms with van der Waals surface area (Å²) in [5.74, 6) is 0.772. The van der Waals surface area contributed by atoms with Crippen molar-refractivity contribution in [1.82, 2.24) is 0 Å². The van der Waals surface area contributed by atoms with Gasteiger partial charge in [0.05, 0.1) is 0 Å². The monoisotopic (exact) mass is 247 g/mol. The molecular weight excluding hydrogens is 226 g/mol. The lowest BCUT2D eigenvalue weighted by Gasteiger charge is -2.33. The molecule has 1 aliphatic rings. The van der Waals surface area contributed by atoms with Crippen LogP contribution >= 0.6 is 0 Å². The topological polar surface area (TPSA) is 40.5 Å². The molecule has 3 heteroatoms. The summed E-state index contributed by atoms with van der Waals surface area (Å²) in [7, 11) is 0. The molecule has 2 rings (SSSR count). The third-order valence-corrected chi connectivity index (χ3v) is 3.77. The maximum atomic E-state index is 11.4. The van der Waals surface area contributed by atoms with Crippen molar-refractivity contribution in [2.75, 3.05) is 24.6 Å². The largest absolute Gasteiger partial charge is 0.396 e. The summed E-state index contributed by atoms with van der Waals surface area (Å²) >= 11 is 0. The fraction of sp³-hybridized carbons (Fsp3) is 0.533. The predicted molar refractivity (Wildman–Crippen MR) is 73.1 cm³/mol. The van der Waals surface area contributed by atoms with Crippen LogP contribution in [-0.4, -0.2) is 30.6 Å². The van der Waals surface area contributed by atoms with Gasteiger partial charge in [-0.25, -0.2) is 0 Å². The average Bonchev–Trinajstić information content (AvgIpc) is 2.40. The van der Waals surface area contributed by atoms with Gasteiger partial charge in [-0.3, -0.25) is 4.79 Å². The zero-order chi connectivity index (χ0) is 13.0. The Labute approximate surface area is 108 Å². The van der Waals surface area contributed by atoms with E-state index in [4.69, 9.17) is 5.11 Å². The van der Waals surface area contributed by atoms with Gasteiger partial charge in [-0.15, -0.1) is 0 Å². The van der Waals surface area contributed by atoms with Gasteiger partial charge in [-0.05, 0) is 44.2 Å². The van der Waals surface area contributed by atoms with Crippen LogP contribution in [0.1, 0.15) is 36.5 Å². The second-order valence-corrected chi connectivity index (χ2v) is 5.05. The molecule has 0 amide bonds. The number of rotatable bonds is 4. The summed E-state index contributed by atoms with van der Waals surface area (Å²) in [4.78, 5) is 13.7. The number of carbonyl (C=O) groups excluding carboxylic acids is 1. The molecule has 0 unspecified atom stereocenters. The molecule has 1 aromatic rings. The summed E-state index contributed by atoms with van der Waals surface area (Å²) in [6.45, 7) is 3.94. The van der Waals surface area contributed by atoms with Crippen LogP contribution in [0.3, 0.4) is 0 Å². The molecule has 18 heavy (non-hydrogen) atoms. The first-order chi connectivity index (χ1) is 8.70. The molecule has 1 aromatic carbocycles. The number of hydrogen-bond donors (Lipinski definition) is 1. The molecule has 0 aliphatic carbocycles. The lowest BCUT2D eigenvalue weighted by molar-refractivity contribution is 0.101. The van der Waals surface area contributed by atoms with E-state index >= 15 is 0 Å². The van der Waals surface area contributed by atoms with Gasteiger partial charge in [0.2, 0.25) is 0 Å². The molecule has 1 N–H and O–H groups in total. The highest BCUT2D eigenvalue weighted by Gasteiger charge is 2.19. The predicted octanol–water partition coefficient (Wildman–Crippen LogP) is 2.49. The van der Waals surface area contributed by atoms with E-state index in [2.05, 4.69) is 11.0 Å². The molecule has 98 valence electrons. The van der Waals surface area contributed by atoms with Crippen molar-refractivity contribution in [2.24, 2.45) is 5.92 Å². The molecule has 1 aliphatic heterocycles. The van der Waals surface area contributed by atoms with Crippen molar-refractivity contribution in [3.63, 3.8) is 0 Å². The van der Waals surface area contributed by atoms with Gasteiger partial charge >= 0.3 is 0 Å². The van der Waals surface area contributed by atoms with Crippen LogP contribution in [0.2, 0.25) is 0 Å². The normalized spacial score (nSPS) is 16.9. The Hall–Kier alpha value is -1.35. The molecule has 1 heterocycles. The number of piperidine rings is 1. The van der Waals surface area contributed by atoms with Crippen molar-refractivity contribution in [2.45, 2.75) is 26.2 Å². The van der Waals surface area contributed by atoms with Crippen LogP contribution in [0, 0.1) is 5.92 Å². The lowest BCUT2D eigenvalue weighted by Crippen LogP contribution is -2.33. The Morgan fingerprint density at radius 1 is 1.39 bits per heavy atom. The van der Waals surface area contributed by atoms with Gasteiger partial charge in [0.1, 0.15) is 0 Å². The molecule has 1 fully saturated rings. The minimum Gasteiger partial charge on any atom is -0.396 e. The van der Waals surface area contributed by atoms with Gasteiger partial charge in [0.15, 0.2) is 5.78 Å². The van der Waals surface area contributed by atoms with E-state index < -0.39 is 0 Å². The molecule has 0 saturated carbocycles. The van der Waals surface area contributed by atoms with Crippen LogP contribution in [0.15, 0.2) is 24.3 Å². The van der Waals surface area contributed by atoms with Crippen LogP contribution in [0.4, 0.5) is 5.69 Å². The van der Waals surface area contributed by atoms with Crippen molar-refractivity contribution in [3.8, 4) is 0 Å². The number of hydrogen-bond acceptors (Lipinski definition) is 3. The molecular formula is C15H21NO2. The molecule has 0 spiro atoms. The van der Waals surface area contributed by atoms with Crippen LogP contribution in [-0.2, 0) is 0 Å². The van der Waals surface area contributed by atoms with Crippen LogP contribution in [0.25, 0.3) is 0 Å². The zero-order valence-electron chi connectivity index (χ0n) is 10.9. The first-order valence-electron chi connectivity index (χ1n) is 6.67. The van der Waals surface area contributed by atoms with E-state index in [0.29, 0.717) is 12.5 Å². The molecule has 0 radical (unpaired) electrons. The highest BCUT2D eigenvalue weighted by Crippen LogP contribution is 2.25. The zero-order valence-corrected chi connectivity index (χ0v) is 10.9. The van der Waals surface area contributed by atoms with Gasteiger partial charge in [-0.2, -0.15) is 0 Å². The highest BCUT2D eigenvalue weighted by atomic mass is 16.3. The summed E-state index contributed by atoms with van der Waals surface area (Å²) in [5.41, 5.74) is 1.93. The standard InChI is InChI=1S/C15H21NO2/c1-12(18)14-3-2-4-15(11-14)16-8-5-13(6-9-16)7-10-17/h2-4,11,13,17H,5-10H2,1H3. The first-order valence-corrected chi connectivity index (χ1v) is 6.67. The summed E-state index contributed by atoms with van der Waals surface area (Å²) in [6.07, 6.45) is 3.18. The minimum absolute atomic E-state index is 0.118. The summed E-state index contributed by atoms with van der Waals surface area (Å²) in [6, 6.07) is 7.86. The molecule has 0 atom stereocenters. The third kappa shape index (κ3) is 3.10. The van der Waals surface area contributed by atoms with Gasteiger partial charge in [0, 0.05) is 30.9 Å². The Morgan fingerprint density at radius 2 is 2.11 bits per heavy atom. The summed E-state index contributed by atoms with van der Waals surface area (Å²) < 4.78 is 0. The van der Waals surface area contributed by atoms with E-state index in [1.54, 1.807) is 6.92 Å². The number of aliphatic hydroxyl groups excluding tert-OH is 1. The Kier molecular flexibility index (Phi) is 4.37. The molecule has 1 saturated heterocycles. The number of anilines is 1. The Balaban J connectivity index is 2.01. The number of Topliss-reactive ketones (excluding diaryl/α,β-unsaturated/α-hetero) is 1. The van der Waals surface area contributed by atoms with Gasteiger partial charge in [0.25, 0.3) is 0 Å². The van der Waals surface area contributed by atoms with Crippen molar-refractivity contribution in [3.05, 3.63) is 29.8 Å². The number of ketones is 1. The van der Waals surface area contributed by atoms with Crippen molar-refractivity contribution in [1.29, 1.82) is 0 Å². The fourth-order valence-electron chi connectivity index (χ4n) is 2.58. The number of benzene rings is 1. The number of aliphatic hydroxyl groups is 1. The fourth-order valence-corrected chi connectivity index (χ4v) is 2.58. The maximum absolute atomic E-state index is 11.4. The number of carbonyl (C=O) groups is 1. The molecule has 3 nitrogen and oxygen atoms in total. The Bertz CT molecular complexity index is 409. The van der Waals surface area contributed by atoms with Gasteiger partial charge in [-0.1, -0.05) is 12.1 Å². The van der Waals surface area contributed by atoms with E-state index in [9.17, 15) is 4.79 Å². The van der Waals surface area contributed by atoms with Crippen LogP contribution in [0.5, 0.6) is 0 Å². The quantitative estimate of drug-likeness (QED) is 0.831. The lowest BCUT2D eigenvalue weighted by atomic mass is 9.93.